The Morgan fingerprint density at radius 2 is 1.79 bits per heavy atom. The van der Waals surface area contributed by atoms with Gasteiger partial charge < -0.3 is 14.8 Å². The molecule has 1 aliphatic heterocycles. The third-order valence-corrected chi connectivity index (χ3v) is 4.28. The van der Waals surface area contributed by atoms with Crippen LogP contribution in [0.1, 0.15) is 10.4 Å². The first-order valence-corrected chi connectivity index (χ1v) is 8.11. The number of para-hydroxylation sites is 1. The molecule has 0 amide bonds. The fourth-order valence-corrected chi connectivity index (χ4v) is 2.71. The number of carbonyl (C=O) groups is 2. The average molecular weight is 409 g/mol. The van der Waals surface area contributed by atoms with Crippen LogP contribution >= 0.6 is 27.5 Å². The highest BCUT2D eigenvalue weighted by atomic mass is 79.9. The molecule has 1 N–H and O–H groups in total. The molecule has 2 aromatic rings. The van der Waals surface area contributed by atoms with E-state index in [1.165, 1.54) is 0 Å². The molecule has 0 spiro atoms. The van der Waals surface area contributed by atoms with E-state index in [0.29, 0.717) is 15.7 Å². The van der Waals surface area contributed by atoms with Gasteiger partial charge in [-0.15, -0.1) is 0 Å². The summed E-state index contributed by atoms with van der Waals surface area (Å²) in [4.78, 5) is 24.0. The summed E-state index contributed by atoms with van der Waals surface area (Å²) in [5.41, 5.74) is 1.19. The molecule has 1 atom stereocenters. The molecule has 7 heteroatoms. The quantitative estimate of drug-likeness (QED) is 0.773. The minimum atomic E-state index is -1.23. The third kappa shape index (κ3) is 3.44. The zero-order valence-electron chi connectivity index (χ0n) is 12.2. The van der Waals surface area contributed by atoms with Crippen molar-refractivity contribution >= 4 is 45.2 Å². The van der Waals surface area contributed by atoms with Gasteiger partial charge in [0.05, 0.1) is 5.56 Å². The maximum absolute atomic E-state index is 12.3. The highest BCUT2D eigenvalue weighted by Crippen LogP contribution is 2.29. The van der Waals surface area contributed by atoms with E-state index in [1.807, 2.05) is 18.2 Å². The van der Waals surface area contributed by atoms with E-state index in [9.17, 15) is 9.59 Å². The van der Waals surface area contributed by atoms with E-state index >= 15 is 0 Å². The molecule has 0 saturated carbocycles. The number of anilines is 1. The van der Waals surface area contributed by atoms with Gasteiger partial charge in [0.2, 0.25) is 0 Å². The third-order valence-electron chi connectivity index (χ3n) is 3.23. The van der Waals surface area contributed by atoms with Crippen molar-refractivity contribution in [2.75, 3.05) is 5.32 Å². The van der Waals surface area contributed by atoms with Crippen molar-refractivity contribution in [2.45, 2.75) is 6.29 Å². The molecule has 1 unspecified atom stereocenters. The van der Waals surface area contributed by atoms with Gasteiger partial charge in [-0.05, 0) is 40.2 Å². The Balaban J connectivity index is 1.81. The molecule has 0 aliphatic carbocycles. The summed E-state index contributed by atoms with van der Waals surface area (Å²) < 4.78 is 10.9. The Bertz CT molecular complexity index is 822. The van der Waals surface area contributed by atoms with E-state index in [2.05, 4.69) is 21.2 Å². The van der Waals surface area contributed by atoms with Crippen molar-refractivity contribution in [1.29, 1.82) is 0 Å². The Hall–Kier alpha value is -2.31. The van der Waals surface area contributed by atoms with Crippen molar-refractivity contribution in [2.24, 2.45) is 0 Å². The van der Waals surface area contributed by atoms with Crippen LogP contribution in [0.2, 0.25) is 0 Å². The van der Waals surface area contributed by atoms with E-state index < -0.39 is 18.2 Å². The summed E-state index contributed by atoms with van der Waals surface area (Å²) >= 11 is 9.25. The molecule has 1 aliphatic rings. The summed E-state index contributed by atoms with van der Waals surface area (Å²) in [7, 11) is 0. The first kappa shape index (κ1) is 16.5. The van der Waals surface area contributed by atoms with Crippen LogP contribution in [0, 0.1) is 0 Å². The molecule has 0 aromatic heterocycles. The smallest absolute Gasteiger partial charge is 0.355 e. The summed E-state index contributed by atoms with van der Waals surface area (Å²) in [6, 6.07) is 15.8. The normalized spacial score (nSPS) is 16.8. The number of cyclic esters (lactones) is 1. The van der Waals surface area contributed by atoms with Crippen LogP contribution in [0.25, 0.3) is 0 Å². The molecule has 1 heterocycles. The lowest BCUT2D eigenvalue weighted by Gasteiger charge is -2.16. The molecule has 24 heavy (non-hydrogen) atoms. The largest absolute Gasteiger partial charge is 0.415 e. The first-order chi connectivity index (χ1) is 11.6. The predicted octanol–water partition coefficient (Wildman–Crippen LogP) is 4.05. The number of hydrogen-bond donors (Lipinski definition) is 1. The Morgan fingerprint density at radius 3 is 2.50 bits per heavy atom. The second-order valence-corrected chi connectivity index (χ2v) is 6.07. The molecule has 2 aromatic carbocycles. The fraction of sp³-hybridized carbons (Fsp3) is 0.0588. The van der Waals surface area contributed by atoms with Gasteiger partial charge in [-0.25, -0.2) is 9.59 Å². The molecular weight excluding hydrogens is 398 g/mol. The van der Waals surface area contributed by atoms with Gasteiger partial charge >= 0.3 is 11.9 Å². The van der Waals surface area contributed by atoms with Gasteiger partial charge in [0.25, 0.3) is 6.29 Å². The van der Waals surface area contributed by atoms with E-state index in [-0.39, 0.29) is 10.7 Å². The molecule has 0 bridgehead atoms. The number of halogens is 2. The van der Waals surface area contributed by atoms with Crippen molar-refractivity contribution < 1.29 is 19.1 Å². The molecule has 5 nitrogen and oxygen atoms in total. The van der Waals surface area contributed by atoms with Crippen LogP contribution in [-0.4, -0.2) is 18.2 Å². The number of benzene rings is 2. The first-order valence-electron chi connectivity index (χ1n) is 6.94. The Labute approximate surface area is 151 Å². The number of ether oxygens (including phenoxy) is 2. The van der Waals surface area contributed by atoms with Crippen LogP contribution in [0.15, 0.2) is 69.8 Å². The number of nitrogens with one attached hydrogen (secondary N) is 1. The second-order valence-electron chi connectivity index (χ2n) is 4.84. The van der Waals surface area contributed by atoms with E-state index in [1.54, 1.807) is 36.4 Å². The Morgan fingerprint density at radius 1 is 1.12 bits per heavy atom. The minimum absolute atomic E-state index is 0.149. The topological polar surface area (TPSA) is 64.6 Å². The highest BCUT2D eigenvalue weighted by Gasteiger charge is 2.36. The average Bonchev–Trinajstić information content (AvgIpc) is 2.84. The molecule has 122 valence electrons. The van der Waals surface area contributed by atoms with Crippen LogP contribution in [0.5, 0.6) is 0 Å². The summed E-state index contributed by atoms with van der Waals surface area (Å²) in [6.45, 7) is 0. The van der Waals surface area contributed by atoms with Gasteiger partial charge in [-0.1, -0.05) is 41.9 Å². The lowest BCUT2D eigenvalue weighted by atomic mass is 10.2. The van der Waals surface area contributed by atoms with Crippen LogP contribution in [-0.2, 0) is 14.3 Å². The number of esters is 2. The van der Waals surface area contributed by atoms with Crippen molar-refractivity contribution in [3.8, 4) is 0 Å². The minimum Gasteiger partial charge on any atom is -0.415 e. The number of rotatable bonds is 4. The maximum Gasteiger partial charge on any atom is 0.355 e. The van der Waals surface area contributed by atoms with E-state index in [0.717, 1.165) is 0 Å². The maximum atomic E-state index is 12.3. The standard InChI is InChI=1S/C17H11BrClNO4/c18-12-9-5-4-8-11(12)15(21)23-17-14(13(19)16(22)24-17)20-10-6-2-1-3-7-10/h1-9,17,20H. The number of hydrogen-bond acceptors (Lipinski definition) is 5. The summed E-state index contributed by atoms with van der Waals surface area (Å²) in [6.07, 6.45) is -1.23. The second kappa shape index (κ2) is 7.07. The zero-order valence-corrected chi connectivity index (χ0v) is 14.5. The highest BCUT2D eigenvalue weighted by molar-refractivity contribution is 9.10. The van der Waals surface area contributed by atoms with Crippen LogP contribution in [0.3, 0.4) is 0 Å². The monoisotopic (exact) mass is 407 g/mol. The van der Waals surface area contributed by atoms with Gasteiger partial charge in [-0.3, -0.25) is 0 Å². The SMILES string of the molecule is O=C1OC(OC(=O)c2ccccc2Br)C(Nc2ccccc2)=C1Cl. The fourth-order valence-electron chi connectivity index (χ4n) is 2.08. The van der Waals surface area contributed by atoms with Gasteiger partial charge in [0, 0.05) is 10.2 Å². The van der Waals surface area contributed by atoms with Gasteiger partial charge in [0.1, 0.15) is 5.70 Å². The summed E-state index contributed by atoms with van der Waals surface area (Å²) in [5, 5.41) is 2.81. The van der Waals surface area contributed by atoms with Crippen LogP contribution in [0.4, 0.5) is 5.69 Å². The number of carbonyl (C=O) groups excluding carboxylic acids is 2. The molecule has 0 radical (unpaired) electrons. The predicted molar refractivity (Wildman–Crippen MR) is 92.4 cm³/mol. The van der Waals surface area contributed by atoms with Crippen molar-refractivity contribution in [3.05, 3.63) is 75.4 Å². The van der Waals surface area contributed by atoms with Gasteiger partial charge in [-0.2, -0.15) is 0 Å². The van der Waals surface area contributed by atoms with E-state index in [4.69, 9.17) is 21.1 Å². The Kier molecular flexibility index (Phi) is 4.87. The molecule has 3 rings (SSSR count). The van der Waals surface area contributed by atoms with Crippen molar-refractivity contribution in [1.82, 2.24) is 0 Å². The zero-order chi connectivity index (χ0) is 17.1. The lowest BCUT2D eigenvalue weighted by molar-refractivity contribution is -0.152. The molecule has 0 saturated heterocycles. The molecular formula is C17H11BrClNO4. The summed E-state index contributed by atoms with van der Waals surface area (Å²) in [5.74, 6) is -1.39. The lowest BCUT2D eigenvalue weighted by Crippen LogP contribution is -2.24. The molecule has 0 fully saturated rings. The van der Waals surface area contributed by atoms with Crippen LogP contribution < -0.4 is 5.32 Å². The van der Waals surface area contributed by atoms with Gasteiger partial charge in [0.15, 0.2) is 5.03 Å². The van der Waals surface area contributed by atoms with Crippen molar-refractivity contribution in [3.63, 3.8) is 0 Å².